The fourth-order valence-corrected chi connectivity index (χ4v) is 6.48. The molecule has 2 heterocycles. The summed E-state index contributed by atoms with van der Waals surface area (Å²) in [5.41, 5.74) is 4.87. The van der Waals surface area contributed by atoms with Crippen LogP contribution in [0.2, 0.25) is 0 Å². The van der Waals surface area contributed by atoms with Gasteiger partial charge in [0.05, 0.1) is 28.6 Å². The number of rotatable bonds is 6. The number of benzene rings is 2. The maximum absolute atomic E-state index is 13.5. The van der Waals surface area contributed by atoms with Gasteiger partial charge >= 0.3 is 11.9 Å². The van der Waals surface area contributed by atoms with Crippen molar-refractivity contribution in [2.75, 3.05) is 18.0 Å². The van der Waals surface area contributed by atoms with Crippen LogP contribution in [0.3, 0.4) is 0 Å². The molecule has 0 saturated heterocycles. The Labute approximate surface area is 233 Å². The lowest BCUT2D eigenvalue weighted by molar-refractivity contribution is -0.433. The summed E-state index contributed by atoms with van der Waals surface area (Å²) in [5.74, 6) is -2.86. The van der Waals surface area contributed by atoms with E-state index in [1.165, 1.54) is 0 Å². The van der Waals surface area contributed by atoms with E-state index in [1.807, 2.05) is 47.6 Å². The number of aliphatic hydroxyl groups is 1. The number of ketones is 1. The lowest BCUT2D eigenvalue weighted by Crippen LogP contribution is -2.46. The molecule has 208 valence electrons. The molecule has 0 radical (unpaired) electrons. The minimum atomic E-state index is -0.994. The zero-order valence-electron chi connectivity index (χ0n) is 23.6. The molecule has 0 spiro atoms. The summed E-state index contributed by atoms with van der Waals surface area (Å²) in [4.78, 5) is 38.8. The molecule has 1 fully saturated rings. The summed E-state index contributed by atoms with van der Waals surface area (Å²) in [6.45, 7) is 13.2. The van der Waals surface area contributed by atoms with Crippen molar-refractivity contribution in [3.05, 3.63) is 82.1 Å². The Kier molecular flexibility index (Phi) is 6.38. The van der Waals surface area contributed by atoms with Crippen molar-refractivity contribution >= 4 is 34.8 Å². The van der Waals surface area contributed by atoms with Crippen molar-refractivity contribution in [3.8, 4) is 0 Å². The molecule has 5 rings (SSSR count). The predicted octanol–water partition coefficient (Wildman–Crippen LogP) is 4.67. The van der Waals surface area contributed by atoms with Crippen LogP contribution in [0.15, 0.2) is 59.8 Å². The smallest absolute Gasteiger partial charge is 0.335 e. The van der Waals surface area contributed by atoms with Crippen LogP contribution in [-0.2, 0) is 15.6 Å². The molecular weight excluding hydrogens is 508 g/mol. The number of nitrogens with zero attached hydrogens (tertiary/aromatic N) is 2. The summed E-state index contributed by atoms with van der Waals surface area (Å²) >= 11 is 0. The molecule has 0 bridgehead atoms. The molecule has 1 saturated carbocycles. The zero-order valence-corrected chi connectivity index (χ0v) is 23.6. The first kappa shape index (κ1) is 27.5. The molecule has 8 heteroatoms. The van der Waals surface area contributed by atoms with Crippen molar-refractivity contribution in [2.24, 2.45) is 5.92 Å². The molecular formula is C32H35N2O6+. The normalized spacial score (nSPS) is 24.4. The van der Waals surface area contributed by atoms with Gasteiger partial charge in [-0.25, -0.2) is 9.59 Å². The van der Waals surface area contributed by atoms with E-state index in [0.29, 0.717) is 18.7 Å². The van der Waals surface area contributed by atoms with Crippen molar-refractivity contribution in [1.29, 1.82) is 0 Å². The fourth-order valence-electron chi connectivity index (χ4n) is 6.48. The van der Waals surface area contributed by atoms with Crippen LogP contribution in [0.1, 0.15) is 73.4 Å². The number of aromatic carboxylic acids is 2. The average molecular weight is 544 g/mol. The SMILES string of the molecule is CCN1/C(=C/C2C(=O)/C(=C/C3=[N+](CC)c4ccc(C(=O)O)cc4C3(C)C)C2O)C(C)(C)c2cc(C(=O)O)ccc21. The second-order valence-electron chi connectivity index (χ2n) is 11.7. The Morgan fingerprint density at radius 2 is 1.55 bits per heavy atom. The number of fused-ring (bicyclic) bond motifs is 2. The summed E-state index contributed by atoms with van der Waals surface area (Å²) in [5, 5.41) is 30.3. The Morgan fingerprint density at radius 3 is 2.10 bits per heavy atom. The lowest BCUT2D eigenvalue weighted by atomic mass is 9.71. The number of likely N-dealkylation sites (N-methyl/N-ethyl adjacent to an activating group) is 1. The van der Waals surface area contributed by atoms with Crippen LogP contribution in [0, 0.1) is 5.92 Å². The van der Waals surface area contributed by atoms with Gasteiger partial charge in [-0.2, -0.15) is 4.58 Å². The van der Waals surface area contributed by atoms with Gasteiger partial charge in [-0.3, -0.25) is 4.79 Å². The number of hydrogen-bond donors (Lipinski definition) is 3. The van der Waals surface area contributed by atoms with Crippen LogP contribution in [0.4, 0.5) is 11.4 Å². The molecule has 3 aliphatic rings. The standard InChI is InChI=1S/C32H34N2O6/c1-7-33-23-11-9-17(29(37)38)13-21(23)31(3,4)25(33)15-19-27(35)20(28(19)36)16-26-32(5,6)22-14-18(30(39)40)10-12-24(22)34(26)8-2/h9-16,19,27,35H,7-8H2,1-6H3,(H-,37,38,39,40)/p+1/b20-16+,25-15+. The molecule has 8 nitrogen and oxygen atoms in total. The molecule has 2 unspecified atom stereocenters. The number of carboxylic acids is 2. The zero-order chi connectivity index (χ0) is 29.3. The lowest BCUT2D eigenvalue weighted by Gasteiger charge is -2.35. The van der Waals surface area contributed by atoms with Gasteiger partial charge in [0, 0.05) is 46.6 Å². The van der Waals surface area contributed by atoms with Crippen molar-refractivity contribution in [1.82, 2.24) is 0 Å². The number of carbonyl (C=O) groups is 3. The maximum atomic E-state index is 13.5. The molecule has 2 aliphatic heterocycles. The molecule has 40 heavy (non-hydrogen) atoms. The fraction of sp³-hybridized carbons (Fsp3) is 0.375. The van der Waals surface area contributed by atoms with Gasteiger partial charge < -0.3 is 20.2 Å². The minimum Gasteiger partial charge on any atom is -0.478 e. The van der Waals surface area contributed by atoms with Gasteiger partial charge in [0.15, 0.2) is 11.5 Å². The van der Waals surface area contributed by atoms with Crippen molar-refractivity contribution < 1.29 is 34.3 Å². The van der Waals surface area contributed by atoms with E-state index >= 15 is 0 Å². The second-order valence-corrected chi connectivity index (χ2v) is 11.7. The van der Waals surface area contributed by atoms with Gasteiger partial charge in [-0.05, 0) is 63.6 Å². The highest BCUT2D eigenvalue weighted by atomic mass is 16.4. The highest BCUT2D eigenvalue weighted by Crippen LogP contribution is 2.49. The molecule has 1 aliphatic carbocycles. The summed E-state index contributed by atoms with van der Waals surface area (Å²) < 4.78 is 2.06. The van der Waals surface area contributed by atoms with E-state index in [1.54, 1.807) is 42.5 Å². The van der Waals surface area contributed by atoms with E-state index in [0.717, 1.165) is 33.9 Å². The highest BCUT2D eigenvalue weighted by molar-refractivity contribution is 6.14. The number of carbonyl (C=O) groups excluding carboxylic acids is 1. The Hall–Kier alpha value is -4.04. The third-order valence-electron chi connectivity index (χ3n) is 8.79. The molecule has 0 aromatic heterocycles. The highest BCUT2D eigenvalue weighted by Gasteiger charge is 2.50. The average Bonchev–Trinajstić information content (AvgIpc) is 3.26. The molecule has 3 N–H and O–H groups in total. The number of aliphatic hydroxyl groups excluding tert-OH is 1. The minimum absolute atomic E-state index is 0.157. The van der Waals surface area contributed by atoms with Crippen LogP contribution in [-0.4, -0.2) is 62.5 Å². The van der Waals surface area contributed by atoms with Crippen LogP contribution in [0.5, 0.6) is 0 Å². The van der Waals surface area contributed by atoms with Gasteiger partial charge in [-0.15, -0.1) is 0 Å². The molecule has 0 amide bonds. The summed E-state index contributed by atoms with van der Waals surface area (Å²) in [6, 6.07) is 10.2. The van der Waals surface area contributed by atoms with Crippen LogP contribution < -0.4 is 4.90 Å². The van der Waals surface area contributed by atoms with Crippen molar-refractivity contribution in [3.63, 3.8) is 0 Å². The summed E-state index contributed by atoms with van der Waals surface area (Å²) in [7, 11) is 0. The predicted molar refractivity (Wildman–Crippen MR) is 152 cm³/mol. The van der Waals surface area contributed by atoms with E-state index < -0.39 is 34.8 Å². The van der Waals surface area contributed by atoms with E-state index in [9.17, 15) is 29.7 Å². The maximum Gasteiger partial charge on any atom is 0.335 e. The Balaban J connectivity index is 1.50. The van der Waals surface area contributed by atoms with E-state index in [-0.39, 0.29) is 16.9 Å². The molecule has 2 atom stereocenters. The first-order chi connectivity index (χ1) is 18.7. The van der Waals surface area contributed by atoms with Crippen molar-refractivity contribution in [2.45, 2.75) is 58.5 Å². The number of anilines is 1. The monoisotopic (exact) mass is 543 g/mol. The topological polar surface area (TPSA) is 118 Å². The number of allylic oxidation sites excluding steroid dienone is 2. The van der Waals surface area contributed by atoms with Gasteiger partial charge in [0.25, 0.3) is 0 Å². The van der Waals surface area contributed by atoms with E-state index in [2.05, 4.69) is 9.48 Å². The largest absolute Gasteiger partial charge is 0.478 e. The third-order valence-corrected chi connectivity index (χ3v) is 8.79. The number of hydrogen-bond acceptors (Lipinski definition) is 5. The van der Waals surface area contributed by atoms with Gasteiger partial charge in [-0.1, -0.05) is 19.9 Å². The van der Waals surface area contributed by atoms with E-state index in [4.69, 9.17) is 0 Å². The van der Waals surface area contributed by atoms with Gasteiger partial charge in [0.1, 0.15) is 6.54 Å². The Morgan fingerprint density at radius 1 is 0.950 bits per heavy atom. The Bertz CT molecular complexity index is 1580. The van der Waals surface area contributed by atoms with Crippen LogP contribution in [0.25, 0.3) is 0 Å². The second kappa shape index (κ2) is 9.27. The summed E-state index contributed by atoms with van der Waals surface area (Å²) in [6.07, 6.45) is 2.62. The third kappa shape index (κ3) is 3.84. The van der Waals surface area contributed by atoms with Crippen LogP contribution >= 0.6 is 0 Å². The van der Waals surface area contributed by atoms with Gasteiger partial charge in [0.2, 0.25) is 5.69 Å². The molecule has 2 aromatic carbocycles. The quantitative estimate of drug-likeness (QED) is 0.358. The number of carboxylic acid groups (broad SMARTS) is 2. The first-order valence-corrected chi connectivity index (χ1v) is 13.6. The molecule has 2 aromatic rings. The first-order valence-electron chi connectivity index (χ1n) is 13.6. The number of Topliss-reactive ketones (excluding diaryl/α,β-unsaturated/α-hetero) is 1.